The molecule has 0 fully saturated rings. The summed E-state index contributed by atoms with van der Waals surface area (Å²) < 4.78 is 0. The topological polar surface area (TPSA) is 69.6 Å². The predicted molar refractivity (Wildman–Crippen MR) is 116 cm³/mol. The zero-order chi connectivity index (χ0) is 20.8. The molecule has 0 saturated heterocycles. The van der Waals surface area contributed by atoms with Gasteiger partial charge in [0.05, 0.1) is 11.3 Å². The van der Waals surface area contributed by atoms with Crippen LogP contribution in [0.25, 0.3) is 0 Å². The lowest BCUT2D eigenvalue weighted by molar-refractivity contribution is 0.0697. The first-order valence-corrected chi connectivity index (χ1v) is 9.52. The summed E-state index contributed by atoms with van der Waals surface area (Å²) in [6.07, 6.45) is 0. The number of anilines is 2. The maximum atomic E-state index is 12.6. The number of hydrogen-bond donors (Lipinski definition) is 2. The predicted octanol–water partition coefficient (Wildman–Crippen LogP) is 4.97. The number of carbonyl (C=O) groups is 2. The number of carbonyl (C=O) groups excluding carboxylic acids is 1. The highest BCUT2D eigenvalue weighted by Crippen LogP contribution is 2.26. The molecular weight excluding hydrogens is 364 g/mol. The van der Waals surface area contributed by atoms with Gasteiger partial charge in [0.25, 0.3) is 5.91 Å². The summed E-state index contributed by atoms with van der Waals surface area (Å²) in [4.78, 5) is 26.5. The number of carboxylic acid groups (broad SMARTS) is 1. The number of hydrogen-bond acceptors (Lipinski definition) is 3. The summed E-state index contributed by atoms with van der Waals surface area (Å²) in [5.74, 6) is -1.29. The van der Waals surface area contributed by atoms with Gasteiger partial charge in [-0.2, -0.15) is 0 Å². The third-order valence-electron chi connectivity index (χ3n) is 4.81. The molecule has 3 aromatic rings. The number of aromatic carboxylic acids is 1. The lowest BCUT2D eigenvalue weighted by Gasteiger charge is -2.25. The highest BCUT2D eigenvalue weighted by Gasteiger charge is 2.17. The molecule has 0 aliphatic heterocycles. The van der Waals surface area contributed by atoms with Crippen molar-refractivity contribution in [3.05, 3.63) is 95.1 Å². The summed E-state index contributed by atoms with van der Waals surface area (Å²) in [6, 6.07) is 22.2. The number of aryl methyl sites for hydroxylation is 1. The van der Waals surface area contributed by atoms with E-state index >= 15 is 0 Å². The van der Waals surface area contributed by atoms with E-state index in [1.807, 2.05) is 61.2 Å². The number of carboxylic acids is 1. The third-order valence-corrected chi connectivity index (χ3v) is 4.81. The summed E-state index contributed by atoms with van der Waals surface area (Å²) in [5, 5.41) is 12.6. The van der Waals surface area contributed by atoms with E-state index in [1.165, 1.54) is 6.07 Å². The molecule has 0 aromatic heterocycles. The third kappa shape index (κ3) is 4.82. The van der Waals surface area contributed by atoms with Crippen LogP contribution in [-0.4, -0.2) is 23.5 Å². The van der Waals surface area contributed by atoms with Crippen molar-refractivity contribution in [1.29, 1.82) is 0 Å². The fourth-order valence-corrected chi connectivity index (χ4v) is 3.26. The molecule has 5 nitrogen and oxygen atoms in total. The maximum absolute atomic E-state index is 12.6. The molecule has 148 valence electrons. The smallest absolute Gasteiger partial charge is 0.337 e. The Labute approximate surface area is 170 Å². The van der Waals surface area contributed by atoms with Gasteiger partial charge in [-0.25, -0.2) is 4.79 Å². The second-order valence-electron chi connectivity index (χ2n) is 6.81. The minimum absolute atomic E-state index is 0.158. The molecule has 5 heteroatoms. The van der Waals surface area contributed by atoms with E-state index in [0.29, 0.717) is 30.0 Å². The second kappa shape index (κ2) is 9.06. The molecule has 0 atom stereocenters. The van der Waals surface area contributed by atoms with Gasteiger partial charge in [0.15, 0.2) is 0 Å². The lowest BCUT2D eigenvalue weighted by atomic mass is 10.1. The van der Waals surface area contributed by atoms with Gasteiger partial charge in [-0.3, -0.25) is 4.79 Å². The Hall–Kier alpha value is -3.60. The Kier molecular flexibility index (Phi) is 6.29. The van der Waals surface area contributed by atoms with Crippen LogP contribution < -0.4 is 10.2 Å². The summed E-state index contributed by atoms with van der Waals surface area (Å²) in [7, 11) is 0. The van der Waals surface area contributed by atoms with Gasteiger partial charge in [-0.05, 0) is 49.2 Å². The zero-order valence-corrected chi connectivity index (χ0v) is 16.6. The van der Waals surface area contributed by atoms with Crippen LogP contribution in [0.5, 0.6) is 0 Å². The van der Waals surface area contributed by atoms with E-state index in [-0.39, 0.29) is 11.5 Å². The number of nitrogens with zero attached hydrogens (tertiary/aromatic N) is 1. The molecular formula is C24H24N2O3. The van der Waals surface area contributed by atoms with Crippen LogP contribution >= 0.6 is 0 Å². The minimum Gasteiger partial charge on any atom is -0.478 e. The average molecular weight is 388 g/mol. The highest BCUT2D eigenvalue weighted by atomic mass is 16.4. The van der Waals surface area contributed by atoms with E-state index in [1.54, 1.807) is 24.3 Å². The van der Waals surface area contributed by atoms with Gasteiger partial charge in [0.2, 0.25) is 0 Å². The van der Waals surface area contributed by atoms with Crippen LogP contribution in [0.15, 0.2) is 72.8 Å². The van der Waals surface area contributed by atoms with Crippen molar-refractivity contribution in [3.8, 4) is 0 Å². The number of amides is 1. The second-order valence-corrected chi connectivity index (χ2v) is 6.81. The van der Waals surface area contributed by atoms with Gasteiger partial charge in [-0.15, -0.1) is 0 Å². The molecule has 3 rings (SSSR count). The fraction of sp³-hybridized carbons (Fsp3) is 0.167. The van der Waals surface area contributed by atoms with E-state index in [9.17, 15) is 14.7 Å². The molecule has 1 amide bonds. The number of rotatable bonds is 7. The summed E-state index contributed by atoms with van der Waals surface area (Å²) in [6.45, 7) is 5.11. The molecule has 0 aliphatic carbocycles. The molecule has 0 spiro atoms. The van der Waals surface area contributed by atoms with Crippen molar-refractivity contribution >= 4 is 23.3 Å². The lowest BCUT2D eigenvalue weighted by Crippen LogP contribution is -2.24. The summed E-state index contributed by atoms with van der Waals surface area (Å²) in [5.41, 5.74) is 3.76. The monoisotopic (exact) mass is 388 g/mol. The van der Waals surface area contributed by atoms with Crippen molar-refractivity contribution in [2.75, 3.05) is 16.8 Å². The van der Waals surface area contributed by atoms with Crippen molar-refractivity contribution in [2.45, 2.75) is 20.4 Å². The Morgan fingerprint density at radius 1 is 0.931 bits per heavy atom. The molecule has 29 heavy (non-hydrogen) atoms. The van der Waals surface area contributed by atoms with Crippen LogP contribution in [0.3, 0.4) is 0 Å². The first-order chi connectivity index (χ1) is 14.0. The van der Waals surface area contributed by atoms with E-state index in [0.717, 1.165) is 11.1 Å². The Bertz CT molecular complexity index is 1020. The van der Waals surface area contributed by atoms with Crippen LogP contribution in [0, 0.1) is 6.92 Å². The molecule has 3 aromatic carbocycles. The van der Waals surface area contributed by atoms with Crippen LogP contribution in [0.2, 0.25) is 0 Å². The van der Waals surface area contributed by atoms with Crippen molar-refractivity contribution < 1.29 is 14.7 Å². The SMILES string of the molecule is CCN(Cc1ccccc1)c1ccc(NC(=O)c2ccccc2C)cc1C(=O)O. The normalized spacial score (nSPS) is 10.4. The van der Waals surface area contributed by atoms with Crippen LogP contribution in [0.4, 0.5) is 11.4 Å². The largest absolute Gasteiger partial charge is 0.478 e. The van der Waals surface area contributed by atoms with Crippen molar-refractivity contribution in [3.63, 3.8) is 0 Å². The molecule has 0 saturated carbocycles. The standard InChI is InChI=1S/C24H24N2O3/c1-3-26(16-18-10-5-4-6-11-18)22-14-13-19(15-21(22)24(28)29)25-23(27)20-12-8-7-9-17(20)2/h4-15H,3,16H2,1-2H3,(H,25,27)(H,28,29). The minimum atomic E-state index is -1.03. The number of nitrogens with one attached hydrogen (secondary N) is 1. The Morgan fingerprint density at radius 3 is 2.28 bits per heavy atom. The van der Waals surface area contributed by atoms with Gasteiger partial charge >= 0.3 is 5.97 Å². The number of benzene rings is 3. The molecule has 0 aliphatic rings. The average Bonchev–Trinajstić information content (AvgIpc) is 2.73. The molecule has 0 bridgehead atoms. The van der Waals surface area contributed by atoms with Crippen molar-refractivity contribution in [1.82, 2.24) is 0 Å². The van der Waals surface area contributed by atoms with E-state index in [2.05, 4.69) is 5.32 Å². The van der Waals surface area contributed by atoms with Crippen molar-refractivity contribution in [2.24, 2.45) is 0 Å². The van der Waals surface area contributed by atoms with E-state index < -0.39 is 5.97 Å². The molecule has 0 unspecified atom stereocenters. The van der Waals surface area contributed by atoms with Gasteiger partial charge in [0, 0.05) is 24.3 Å². The van der Waals surface area contributed by atoms with Gasteiger partial charge in [-0.1, -0.05) is 48.5 Å². The first kappa shape index (κ1) is 20.1. The Balaban J connectivity index is 1.87. The Morgan fingerprint density at radius 2 is 1.62 bits per heavy atom. The van der Waals surface area contributed by atoms with Crippen LogP contribution in [-0.2, 0) is 6.54 Å². The van der Waals surface area contributed by atoms with Gasteiger partial charge < -0.3 is 15.3 Å². The van der Waals surface area contributed by atoms with E-state index in [4.69, 9.17) is 0 Å². The highest BCUT2D eigenvalue weighted by molar-refractivity contribution is 6.06. The molecule has 0 radical (unpaired) electrons. The van der Waals surface area contributed by atoms with Crippen LogP contribution in [0.1, 0.15) is 38.8 Å². The first-order valence-electron chi connectivity index (χ1n) is 9.52. The van der Waals surface area contributed by atoms with Gasteiger partial charge in [0.1, 0.15) is 0 Å². The maximum Gasteiger partial charge on any atom is 0.337 e. The fourth-order valence-electron chi connectivity index (χ4n) is 3.26. The zero-order valence-electron chi connectivity index (χ0n) is 16.6. The molecule has 0 heterocycles. The summed E-state index contributed by atoms with van der Waals surface area (Å²) >= 11 is 0. The molecule has 2 N–H and O–H groups in total. The quantitative estimate of drug-likeness (QED) is 0.599.